The highest BCUT2D eigenvalue weighted by molar-refractivity contribution is 7.17. The summed E-state index contributed by atoms with van der Waals surface area (Å²) in [6.07, 6.45) is -0.242. The molecule has 0 aliphatic rings. The van der Waals surface area contributed by atoms with Gasteiger partial charge in [0.2, 0.25) is 0 Å². The van der Waals surface area contributed by atoms with Gasteiger partial charge in [-0.2, -0.15) is 0 Å². The molecule has 0 aromatic carbocycles. The first-order chi connectivity index (χ1) is 6.63. The van der Waals surface area contributed by atoms with Crippen LogP contribution in [0.4, 0.5) is 0 Å². The Bertz CT molecular complexity index is 311. The molecule has 5 heteroatoms. The second kappa shape index (κ2) is 5.34. The average Bonchev–Trinajstić information content (AvgIpc) is 2.52. The van der Waals surface area contributed by atoms with Crippen molar-refractivity contribution in [1.29, 1.82) is 0 Å². The van der Waals surface area contributed by atoms with Crippen LogP contribution in [0.25, 0.3) is 0 Å². The first kappa shape index (κ1) is 11.5. The van der Waals surface area contributed by atoms with Gasteiger partial charge in [0.25, 0.3) is 0 Å². The van der Waals surface area contributed by atoms with Crippen LogP contribution >= 0.6 is 22.9 Å². The third-order valence-electron chi connectivity index (χ3n) is 1.48. The van der Waals surface area contributed by atoms with E-state index in [0.717, 1.165) is 0 Å². The van der Waals surface area contributed by atoms with E-state index in [0.29, 0.717) is 15.8 Å². The molecule has 78 valence electrons. The largest absolute Gasteiger partial charge is 0.456 e. The van der Waals surface area contributed by atoms with Gasteiger partial charge in [0.05, 0.1) is 10.9 Å². The Balaban J connectivity index is 2.50. The molecule has 0 aliphatic carbocycles. The standard InChI is InChI=1S/C9H11ClO3S/c1-6(5-12-2)13-9(11)7-3-4-8(10)14-7/h3-4,6H,5H2,1-2H3. The molecule has 1 atom stereocenters. The molecule has 0 saturated carbocycles. The molecule has 1 heterocycles. The van der Waals surface area contributed by atoms with E-state index in [-0.39, 0.29) is 12.1 Å². The molecule has 1 aromatic rings. The number of ether oxygens (including phenoxy) is 2. The van der Waals surface area contributed by atoms with Crippen LogP contribution in [0.5, 0.6) is 0 Å². The van der Waals surface area contributed by atoms with Crippen molar-refractivity contribution in [3.63, 3.8) is 0 Å². The van der Waals surface area contributed by atoms with Crippen LogP contribution in [0, 0.1) is 0 Å². The van der Waals surface area contributed by atoms with E-state index in [4.69, 9.17) is 21.1 Å². The normalized spacial score (nSPS) is 12.5. The first-order valence-corrected chi connectivity index (χ1v) is 5.28. The monoisotopic (exact) mass is 234 g/mol. The zero-order valence-corrected chi connectivity index (χ0v) is 9.52. The lowest BCUT2D eigenvalue weighted by atomic mass is 10.4. The van der Waals surface area contributed by atoms with E-state index in [1.54, 1.807) is 26.2 Å². The highest BCUT2D eigenvalue weighted by Crippen LogP contribution is 2.22. The van der Waals surface area contributed by atoms with E-state index < -0.39 is 0 Å². The molecule has 0 fully saturated rings. The van der Waals surface area contributed by atoms with Crippen LogP contribution in [-0.2, 0) is 9.47 Å². The molecular formula is C9H11ClO3S. The first-order valence-electron chi connectivity index (χ1n) is 4.08. The van der Waals surface area contributed by atoms with Gasteiger partial charge in [0.1, 0.15) is 11.0 Å². The summed E-state index contributed by atoms with van der Waals surface area (Å²) < 4.78 is 10.5. The Kier molecular flexibility index (Phi) is 4.38. The van der Waals surface area contributed by atoms with E-state index >= 15 is 0 Å². The Hall–Kier alpha value is -0.580. The molecule has 14 heavy (non-hydrogen) atoms. The maximum atomic E-state index is 11.4. The molecule has 0 radical (unpaired) electrons. The number of halogens is 1. The smallest absolute Gasteiger partial charge is 0.348 e. The van der Waals surface area contributed by atoms with Crippen molar-refractivity contribution in [2.75, 3.05) is 13.7 Å². The summed E-state index contributed by atoms with van der Waals surface area (Å²) in [6.45, 7) is 2.17. The number of carbonyl (C=O) groups is 1. The Morgan fingerprint density at radius 2 is 2.36 bits per heavy atom. The second-order valence-corrected chi connectivity index (χ2v) is 4.49. The van der Waals surface area contributed by atoms with Crippen molar-refractivity contribution in [1.82, 2.24) is 0 Å². The van der Waals surface area contributed by atoms with Crippen molar-refractivity contribution < 1.29 is 14.3 Å². The number of carbonyl (C=O) groups excluding carboxylic acids is 1. The molecule has 0 bridgehead atoms. The van der Waals surface area contributed by atoms with E-state index in [1.807, 2.05) is 0 Å². The lowest BCUT2D eigenvalue weighted by Crippen LogP contribution is -2.18. The number of thiophene rings is 1. The summed E-state index contributed by atoms with van der Waals surface area (Å²) in [4.78, 5) is 11.9. The second-order valence-electron chi connectivity index (χ2n) is 2.78. The van der Waals surface area contributed by atoms with Crippen LogP contribution in [0.1, 0.15) is 16.6 Å². The molecule has 0 amide bonds. The van der Waals surface area contributed by atoms with Gasteiger partial charge >= 0.3 is 5.97 Å². The topological polar surface area (TPSA) is 35.5 Å². The van der Waals surface area contributed by atoms with Crippen LogP contribution < -0.4 is 0 Å². The fraction of sp³-hybridized carbons (Fsp3) is 0.444. The van der Waals surface area contributed by atoms with Gasteiger partial charge in [-0.25, -0.2) is 4.79 Å². The third-order valence-corrected chi connectivity index (χ3v) is 2.70. The summed E-state index contributed by atoms with van der Waals surface area (Å²) in [5, 5.41) is 0. The minimum absolute atomic E-state index is 0.242. The SMILES string of the molecule is COCC(C)OC(=O)c1ccc(Cl)s1. The Morgan fingerprint density at radius 3 is 2.86 bits per heavy atom. The lowest BCUT2D eigenvalue weighted by Gasteiger charge is -2.10. The van der Waals surface area contributed by atoms with Crippen LogP contribution in [0.3, 0.4) is 0 Å². The number of rotatable bonds is 4. The summed E-state index contributed by atoms with van der Waals surface area (Å²) in [5.41, 5.74) is 0. The Morgan fingerprint density at radius 1 is 1.64 bits per heavy atom. The Labute approximate surface area is 91.6 Å². The minimum Gasteiger partial charge on any atom is -0.456 e. The zero-order valence-electron chi connectivity index (χ0n) is 7.95. The number of hydrogen-bond acceptors (Lipinski definition) is 4. The van der Waals surface area contributed by atoms with Gasteiger partial charge in [-0.1, -0.05) is 11.6 Å². The molecule has 0 spiro atoms. The van der Waals surface area contributed by atoms with Crippen LogP contribution in [0.2, 0.25) is 4.34 Å². The fourth-order valence-corrected chi connectivity index (χ4v) is 1.86. The fourth-order valence-electron chi connectivity index (χ4n) is 0.934. The van der Waals surface area contributed by atoms with E-state index in [1.165, 1.54) is 11.3 Å². The summed E-state index contributed by atoms with van der Waals surface area (Å²) >= 11 is 6.89. The van der Waals surface area contributed by atoms with Gasteiger partial charge < -0.3 is 9.47 Å². The predicted molar refractivity (Wildman–Crippen MR) is 56.1 cm³/mol. The number of esters is 1. The van der Waals surface area contributed by atoms with Gasteiger partial charge in [-0.05, 0) is 19.1 Å². The van der Waals surface area contributed by atoms with Crippen LogP contribution in [0.15, 0.2) is 12.1 Å². The maximum absolute atomic E-state index is 11.4. The summed E-state index contributed by atoms with van der Waals surface area (Å²) in [7, 11) is 1.56. The molecule has 0 saturated heterocycles. The molecule has 1 aromatic heterocycles. The van der Waals surface area contributed by atoms with Gasteiger partial charge in [0, 0.05) is 7.11 Å². The van der Waals surface area contributed by atoms with Crippen molar-refractivity contribution in [3.05, 3.63) is 21.3 Å². The highest BCUT2D eigenvalue weighted by Gasteiger charge is 2.13. The molecule has 0 aliphatic heterocycles. The van der Waals surface area contributed by atoms with E-state index in [2.05, 4.69) is 0 Å². The summed E-state index contributed by atoms with van der Waals surface area (Å²) in [6, 6.07) is 3.32. The van der Waals surface area contributed by atoms with Crippen molar-refractivity contribution in [3.8, 4) is 0 Å². The highest BCUT2D eigenvalue weighted by atomic mass is 35.5. The van der Waals surface area contributed by atoms with Crippen molar-refractivity contribution in [2.45, 2.75) is 13.0 Å². The number of hydrogen-bond donors (Lipinski definition) is 0. The molecule has 3 nitrogen and oxygen atoms in total. The minimum atomic E-state index is -0.355. The quantitative estimate of drug-likeness (QED) is 0.752. The lowest BCUT2D eigenvalue weighted by molar-refractivity contribution is 0.0125. The van der Waals surface area contributed by atoms with Gasteiger partial charge in [-0.15, -0.1) is 11.3 Å². The average molecular weight is 235 g/mol. The maximum Gasteiger partial charge on any atom is 0.348 e. The van der Waals surface area contributed by atoms with Crippen LogP contribution in [-0.4, -0.2) is 25.8 Å². The zero-order chi connectivity index (χ0) is 10.6. The summed E-state index contributed by atoms with van der Waals surface area (Å²) in [5.74, 6) is -0.355. The molecular weight excluding hydrogens is 224 g/mol. The molecule has 1 rings (SSSR count). The molecule has 0 N–H and O–H groups in total. The van der Waals surface area contributed by atoms with Crippen molar-refractivity contribution >= 4 is 28.9 Å². The van der Waals surface area contributed by atoms with E-state index in [9.17, 15) is 4.79 Å². The van der Waals surface area contributed by atoms with Gasteiger partial charge in [-0.3, -0.25) is 0 Å². The molecule has 1 unspecified atom stereocenters. The third kappa shape index (κ3) is 3.29. The number of methoxy groups -OCH3 is 1. The van der Waals surface area contributed by atoms with Crippen molar-refractivity contribution in [2.24, 2.45) is 0 Å². The van der Waals surface area contributed by atoms with Gasteiger partial charge in [0.15, 0.2) is 0 Å². The predicted octanol–water partition coefficient (Wildman–Crippen LogP) is 2.59.